The van der Waals surface area contributed by atoms with Crippen molar-refractivity contribution in [1.82, 2.24) is 4.90 Å². The summed E-state index contributed by atoms with van der Waals surface area (Å²) in [6.07, 6.45) is 2.54. The van der Waals surface area contributed by atoms with Crippen LogP contribution in [0.2, 0.25) is 0 Å². The van der Waals surface area contributed by atoms with Crippen LogP contribution in [0.15, 0.2) is 0 Å². The first-order valence-corrected chi connectivity index (χ1v) is 5.39. The summed E-state index contributed by atoms with van der Waals surface area (Å²) in [5.41, 5.74) is 0. The van der Waals surface area contributed by atoms with Crippen molar-refractivity contribution in [3.05, 3.63) is 0 Å². The second kappa shape index (κ2) is 3.69. The van der Waals surface area contributed by atoms with E-state index in [9.17, 15) is 9.59 Å². The Morgan fingerprint density at radius 1 is 1.20 bits per heavy atom. The molecular formula is C12H15NO2. The zero-order chi connectivity index (χ0) is 11.0. The van der Waals surface area contributed by atoms with Gasteiger partial charge in [-0.2, -0.15) is 0 Å². The normalized spacial score (nSPS) is 34.8. The van der Waals surface area contributed by atoms with Gasteiger partial charge in [-0.05, 0) is 26.2 Å². The van der Waals surface area contributed by atoms with Crippen LogP contribution in [0.3, 0.4) is 0 Å². The van der Waals surface area contributed by atoms with Crippen LogP contribution in [-0.2, 0) is 9.59 Å². The van der Waals surface area contributed by atoms with E-state index in [0.29, 0.717) is 5.92 Å². The molecule has 2 rings (SSSR count). The van der Waals surface area contributed by atoms with Crippen LogP contribution in [0.25, 0.3) is 0 Å². The van der Waals surface area contributed by atoms with Gasteiger partial charge in [0.25, 0.3) is 0 Å². The van der Waals surface area contributed by atoms with E-state index in [1.165, 1.54) is 4.90 Å². The van der Waals surface area contributed by atoms with Crippen molar-refractivity contribution in [1.29, 1.82) is 0 Å². The first-order chi connectivity index (χ1) is 7.15. The molecule has 2 fully saturated rings. The van der Waals surface area contributed by atoms with Crippen molar-refractivity contribution in [2.45, 2.75) is 26.2 Å². The molecule has 1 saturated carbocycles. The van der Waals surface area contributed by atoms with E-state index in [1.807, 2.05) is 6.92 Å². The molecule has 0 bridgehead atoms. The van der Waals surface area contributed by atoms with E-state index >= 15 is 0 Å². The first kappa shape index (κ1) is 10.2. The summed E-state index contributed by atoms with van der Waals surface area (Å²) >= 11 is 0. The van der Waals surface area contributed by atoms with Crippen molar-refractivity contribution >= 4 is 11.8 Å². The summed E-state index contributed by atoms with van der Waals surface area (Å²) in [5.74, 6) is 6.16. The summed E-state index contributed by atoms with van der Waals surface area (Å²) in [7, 11) is 1.59. The van der Waals surface area contributed by atoms with Gasteiger partial charge in [-0.1, -0.05) is 0 Å². The van der Waals surface area contributed by atoms with Gasteiger partial charge < -0.3 is 0 Å². The Hall–Kier alpha value is -1.30. The van der Waals surface area contributed by atoms with Crippen molar-refractivity contribution < 1.29 is 9.59 Å². The SMILES string of the molecule is CC#CC1CCC2C(=O)N(C)C(=O)C2C1. The van der Waals surface area contributed by atoms with E-state index in [2.05, 4.69) is 11.8 Å². The van der Waals surface area contributed by atoms with Crippen LogP contribution in [-0.4, -0.2) is 23.8 Å². The average Bonchev–Trinajstić information content (AvgIpc) is 2.45. The predicted octanol–water partition coefficient (Wildman–Crippen LogP) is 1.04. The van der Waals surface area contributed by atoms with E-state index in [1.54, 1.807) is 7.05 Å². The highest BCUT2D eigenvalue weighted by atomic mass is 16.2. The number of fused-ring (bicyclic) bond motifs is 1. The fraction of sp³-hybridized carbons (Fsp3) is 0.667. The van der Waals surface area contributed by atoms with Gasteiger partial charge >= 0.3 is 0 Å². The Morgan fingerprint density at radius 3 is 2.53 bits per heavy atom. The van der Waals surface area contributed by atoms with Crippen molar-refractivity contribution in [2.24, 2.45) is 17.8 Å². The number of rotatable bonds is 0. The summed E-state index contributed by atoms with van der Waals surface area (Å²) in [4.78, 5) is 24.7. The van der Waals surface area contributed by atoms with E-state index in [0.717, 1.165) is 19.3 Å². The number of nitrogens with zero attached hydrogens (tertiary/aromatic N) is 1. The van der Waals surface area contributed by atoms with Crippen LogP contribution in [0, 0.1) is 29.6 Å². The topological polar surface area (TPSA) is 37.4 Å². The monoisotopic (exact) mass is 205 g/mol. The van der Waals surface area contributed by atoms with Crippen molar-refractivity contribution in [3.8, 4) is 11.8 Å². The van der Waals surface area contributed by atoms with Crippen LogP contribution < -0.4 is 0 Å². The van der Waals surface area contributed by atoms with Gasteiger partial charge in [-0.25, -0.2) is 0 Å². The van der Waals surface area contributed by atoms with Crippen LogP contribution in [0.1, 0.15) is 26.2 Å². The minimum atomic E-state index is -0.0953. The summed E-state index contributed by atoms with van der Waals surface area (Å²) < 4.78 is 0. The molecule has 0 aromatic rings. The average molecular weight is 205 g/mol. The maximum atomic E-state index is 11.8. The molecule has 80 valence electrons. The number of amides is 2. The largest absolute Gasteiger partial charge is 0.285 e. The highest BCUT2D eigenvalue weighted by Crippen LogP contribution is 2.39. The van der Waals surface area contributed by atoms with Gasteiger partial charge in [0.05, 0.1) is 11.8 Å². The van der Waals surface area contributed by atoms with Crippen LogP contribution in [0.5, 0.6) is 0 Å². The van der Waals surface area contributed by atoms with E-state index < -0.39 is 0 Å². The molecule has 3 unspecified atom stereocenters. The van der Waals surface area contributed by atoms with E-state index in [4.69, 9.17) is 0 Å². The Morgan fingerprint density at radius 2 is 1.87 bits per heavy atom. The molecule has 15 heavy (non-hydrogen) atoms. The quantitative estimate of drug-likeness (QED) is 0.437. The molecule has 1 aliphatic heterocycles. The number of carbonyl (C=O) groups excluding carboxylic acids is 2. The van der Waals surface area contributed by atoms with Gasteiger partial charge in [0, 0.05) is 13.0 Å². The smallest absolute Gasteiger partial charge is 0.232 e. The highest BCUT2D eigenvalue weighted by molar-refractivity contribution is 6.04. The fourth-order valence-electron chi connectivity index (χ4n) is 2.68. The minimum absolute atomic E-state index is 0.00685. The number of hydrogen-bond donors (Lipinski definition) is 0. The van der Waals surface area contributed by atoms with Crippen molar-refractivity contribution in [2.75, 3.05) is 7.05 Å². The number of hydrogen-bond acceptors (Lipinski definition) is 2. The first-order valence-electron chi connectivity index (χ1n) is 5.39. The fourth-order valence-corrected chi connectivity index (χ4v) is 2.68. The van der Waals surface area contributed by atoms with Crippen LogP contribution >= 0.6 is 0 Å². The second-order valence-electron chi connectivity index (χ2n) is 4.35. The molecule has 1 aliphatic carbocycles. The molecule has 0 spiro atoms. The highest BCUT2D eigenvalue weighted by Gasteiger charge is 2.48. The van der Waals surface area contributed by atoms with Gasteiger partial charge in [0.15, 0.2) is 0 Å². The molecule has 0 aromatic heterocycles. The molecule has 0 radical (unpaired) electrons. The third kappa shape index (κ3) is 1.54. The number of likely N-dealkylation sites (tertiary alicyclic amines) is 1. The molecule has 1 heterocycles. The zero-order valence-corrected chi connectivity index (χ0v) is 9.12. The molecule has 3 nitrogen and oxygen atoms in total. The standard InChI is InChI=1S/C12H15NO2/c1-3-4-8-5-6-9-10(7-8)12(15)13(2)11(9)14/h8-10H,5-7H2,1-2H3. The Balaban J connectivity index is 2.17. The summed E-state index contributed by atoms with van der Waals surface area (Å²) in [6.45, 7) is 1.82. The Labute approximate surface area is 89.8 Å². The van der Waals surface area contributed by atoms with Gasteiger partial charge in [0.1, 0.15) is 0 Å². The maximum absolute atomic E-state index is 11.8. The lowest BCUT2D eigenvalue weighted by Crippen LogP contribution is -2.26. The molecule has 2 amide bonds. The lowest BCUT2D eigenvalue weighted by Gasteiger charge is -2.25. The number of carbonyl (C=O) groups is 2. The Kier molecular flexibility index (Phi) is 2.52. The third-order valence-electron chi connectivity index (χ3n) is 3.49. The van der Waals surface area contributed by atoms with Gasteiger partial charge in [0.2, 0.25) is 11.8 Å². The number of imide groups is 1. The lowest BCUT2D eigenvalue weighted by molar-refractivity contribution is -0.138. The zero-order valence-electron chi connectivity index (χ0n) is 9.12. The maximum Gasteiger partial charge on any atom is 0.232 e. The third-order valence-corrected chi connectivity index (χ3v) is 3.49. The molecule has 3 heteroatoms. The molecular weight excluding hydrogens is 190 g/mol. The summed E-state index contributed by atoms with van der Waals surface area (Å²) in [5, 5.41) is 0. The predicted molar refractivity (Wildman–Crippen MR) is 55.5 cm³/mol. The second-order valence-corrected chi connectivity index (χ2v) is 4.35. The lowest BCUT2D eigenvalue weighted by atomic mass is 9.75. The van der Waals surface area contributed by atoms with E-state index in [-0.39, 0.29) is 23.7 Å². The summed E-state index contributed by atoms with van der Waals surface area (Å²) in [6, 6.07) is 0. The van der Waals surface area contributed by atoms with Crippen molar-refractivity contribution in [3.63, 3.8) is 0 Å². The van der Waals surface area contributed by atoms with Gasteiger partial charge in [-0.3, -0.25) is 14.5 Å². The minimum Gasteiger partial charge on any atom is -0.285 e. The molecule has 0 aromatic carbocycles. The molecule has 1 saturated heterocycles. The molecule has 3 atom stereocenters. The van der Waals surface area contributed by atoms with Gasteiger partial charge in [-0.15, -0.1) is 11.8 Å². The Bertz CT molecular complexity index is 364. The molecule has 0 N–H and O–H groups in total. The molecule has 2 aliphatic rings. The van der Waals surface area contributed by atoms with Crippen LogP contribution in [0.4, 0.5) is 0 Å².